The number of nitriles is 3. The molecule has 5 rings (SSSR count). The molecule has 16 heteroatoms. The van der Waals surface area contributed by atoms with Crippen molar-refractivity contribution in [2.75, 3.05) is 56.4 Å². The number of nitrogens with one attached hydrogen (secondary N) is 2. The van der Waals surface area contributed by atoms with Crippen molar-refractivity contribution in [3.63, 3.8) is 0 Å². The van der Waals surface area contributed by atoms with Crippen molar-refractivity contribution in [3.8, 4) is 18.2 Å². The summed E-state index contributed by atoms with van der Waals surface area (Å²) in [4.78, 5) is 39.2. The van der Waals surface area contributed by atoms with Crippen LogP contribution in [0.25, 0.3) is 0 Å². The van der Waals surface area contributed by atoms with E-state index in [4.69, 9.17) is 5.41 Å². The average Bonchev–Trinajstić information content (AvgIpc) is 3.68. The lowest BCUT2D eigenvalue weighted by Crippen LogP contribution is -2.26. The summed E-state index contributed by atoms with van der Waals surface area (Å²) in [5.74, 6) is 3.38. The van der Waals surface area contributed by atoms with Crippen LogP contribution >= 0.6 is 0 Å². The van der Waals surface area contributed by atoms with Gasteiger partial charge in [0, 0.05) is 56.4 Å². The normalized spacial score (nSPS) is 18.7. The van der Waals surface area contributed by atoms with Crippen molar-refractivity contribution in [1.29, 1.82) is 21.2 Å². The molecule has 0 aliphatic carbocycles. The summed E-state index contributed by atoms with van der Waals surface area (Å²) in [5, 5.41) is 41.8. The summed E-state index contributed by atoms with van der Waals surface area (Å²) in [6.07, 6.45) is 0. The summed E-state index contributed by atoms with van der Waals surface area (Å²) in [6, 6.07) is 6.53. The van der Waals surface area contributed by atoms with Crippen molar-refractivity contribution in [2.24, 2.45) is 34.9 Å². The maximum atomic E-state index is 10.2. The van der Waals surface area contributed by atoms with Crippen molar-refractivity contribution in [3.05, 3.63) is 50.9 Å². The van der Waals surface area contributed by atoms with Crippen LogP contribution in [0.4, 0.5) is 0 Å². The summed E-state index contributed by atoms with van der Waals surface area (Å²) in [6.45, 7) is 0. The molecule has 0 fully saturated rings. The zero-order valence-electron chi connectivity index (χ0n) is 25.3. The van der Waals surface area contributed by atoms with Gasteiger partial charge >= 0.3 is 0 Å². The molecule has 218 valence electrons. The molecule has 2 N–H and O–H groups in total. The Morgan fingerprint density at radius 1 is 0.500 bits per heavy atom. The van der Waals surface area contributed by atoms with Crippen LogP contribution in [-0.4, -0.2) is 123 Å². The molecule has 5 aliphatic heterocycles. The first-order valence-electron chi connectivity index (χ1n) is 13.0. The highest BCUT2D eigenvalue weighted by atomic mass is 15.3. The van der Waals surface area contributed by atoms with Gasteiger partial charge in [0.05, 0.1) is 0 Å². The monoisotopic (exact) mass is 586 g/mol. The van der Waals surface area contributed by atoms with Gasteiger partial charge in [-0.05, 0) is 5.87 Å². The lowest BCUT2D eigenvalue weighted by atomic mass is 10.1. The van der Waals surface area contributed by atoms with Crippen molar-refractivity contribution in [2.45, 2.75) is 0 Å². The van der Waals surface area contributed by atoms with Crippen LogP contribution in [0.1, 0.15) is 0 Å². The van der Waals surface area contributed by atoms with E-state index in [1.807, 2.05) is 0 Å². The molecule has 16 nitrogen and oxygen atoms in total. The van der Waals surface area contributed by atoms with E-state index in [0.717, 1.165) is 0 Å². The van der Waals surface area contributed by atoms with Crippen LogP contribution < -0.4 is 5.32 Å². The quantitative estimate of drug-likeness (QED) is 0.439. The molecule has 5 aliphatic rings. The SMILES string of the molecule is CN(C)C1=C2N=C(N=C3N=C(N=C4N=C(N=C5N=C(N2)C(C#N)=C5N(C)C)C(C#N)=C4N(C)C)C(C#N)=C3N(C)C)C1=C=N. The Morgan fingerprint density at radius 3 is 1.30 bits per heavy atom. The first-order chi connectivity index (χ1) is 20.9. The van der Waals surface area contributed by atoms with Crippen molar-refractivity contribution in [1.82, 2.24) is 24.9 Å². The Hall–Kier alpha value is -6.43. The topological polar surface area (TPSA) is 207 Å². The molecule has 0 aromatic carbocycles. The van der Waals surface area contributed by atoms with Gasteiger partial charge in [0.1, 0.15) is 63.3 Å². The van der Waals surface area contributed by atoms with E-state index >= 15 is 0 Å². The Bertz CT molecular complexity index is 1950. The number of amidine groups is 7. The standard InChI is InChI=1S/C28H26N16/c1-41(2)17-13(9-29)21-33-25(17)37-22-14(10-30)18(42(3)4)27(34-22)39-24-16(12-32)20(44(7)8)28(36-24)40-23-15(11-31)19(43(5)6)26(35-23)38-21/h29H,1-8H3,(H,33,34,35,36,37,38,39,40). The van der Waals surface area contributed by atoms with Gasteiger partial charge in [0.25, 0.3) is 0 Å². The number of hydrogen-bond donors (Lipinski definition) is 2. The molecule has 0 spiro atoms. The molecule has 0 aromatic rings. The number of hydrogen-bond acceptors (Lipinski definition) is 16. The van der Waals surface area contributed by atoms with Gasteiger partial charge in [-0.1, -0.05) is 0 Å². The highest BCUT2D eigenvalue weighted by Crippen LogP contribution is 2.30. The number of likely N-dealkylation sites (N-methyl/N-ethyl adjacent to an activating group) is 4. The second-order valence-corrected chi connectivity index (χ2v) is 10.5. The molecule has 0 radical (unpaired) electrons. The zero-order chi connectivity index (χ0) is 32.0. The molecule has 0 saturated carbocycles. The molecular weight excluding hydrogens is 560 g/mol. The van der Waals surface area contributed by atoms with E-state index in [1.165, 1.54) is 0 Å². The molecule has 0 atom stereocenters. The lowest BCUT2D eigenvalue weighted by molar-refractivity contribution is 0.519. The lowest BCUT2D eigenvalue weighted by Gasteiger charge is -2.17. The van der Waals surface area contributed by atoms with Gasteiger partial charge in [0.15, 0.2) is 46.7 Å². The summed E-state index contributed by atoms with van der Waals surface area (Å²) >= 11 is 0. The zero-order valence-corrected chi connectivity index (χ0v) is 25.3. The van der Waals surface area contributed by atoms with Gasteiger partial charge in [0.2, 0.25) is 0 Å². The van der Waals surface area contributed by atoms with E-state index in [1.54, 1.807) is 76.0 Å². The second-order valence-electron chi connectivity index (χ2n) is 10.5. The van der Waals surface area contributed by atoms with Gasteiger partial charge in [-0.2, -0.15) is 15.8 Å². The first kappa shape index (κ1) is 29.1. The molecule has 44 heavy (non-hydrogen) atoms. The van der Waals surface area contributed by atoms with Crippen LogP contribution in [0.3, 0.4) is 0 Å². The number of aliphatic imine (C=N–C) groups is 7. The minimum absolute atomic E-state index is 0.0323. The van der Waals surface area contributed by atoms with Gasteiger partial charge in [-0.3, -0.25) is 5.41 Å². The molecule has 8 bridgehead atoms. The van der Waals surface area contributed by atoms with Crippen LogP contribution in [0, 0.1) is 39.4 Å². The predicted octanol–water partition coefficient (Wildman–Crippen LogP) is 0.357. The minimum atomic E-state index is 0.0323. The third-order valence-electron chi connectivity index (χ3n) is 6.70. The summed E-state index contributed by atoms with van der Waals surface area (Å²) in [5.41, 5.74) is 2.30. The van der Waals surface area contributed by atoms with Crippen LogP contribution in [-0.2, 0) is 0 Å². The summed E-state index contributed by atoms with van der Waals surface area (Å²) in [7, 11) is 14.0. The Balaban J connectivity index is 1.90. The first-order valence-corrected chi connectivity index (χ1v) is 13.0. The molecular formula is C28H26N16. The largest absolute Gasteiger partial charge is 0.374 e. The Morgan fingerprint density at radius 2 is 0.886 bits per heavy atom. The molecule has 5 heterocycles. The fourth-order valence-electron chi connectivity index (χ4n) is 4.93. The van der Waals surface area contributed by atoms with Crippen LogP contribution in [0.5, 0.6) is 0 Å². The third kappa shape index (κ3) is 4.47. The number of rotatable bonds is 4. The van der Waals surface area contributed by atoms with Crippen molar-refractivity contribution < 1.29 is 0 Å². The molecule has 0 unspecified atom stereocenters. The molecule has 0 saturated heterocycles. The van der Waals surface area contributed by atoms with Gasteiger partial charge in [-0.25, -0.2) is 34.9 Å². The maximum Gasteiger partial charge on any atom is 0.181 e. The second kappa shape index (κ2) is 10.8. The van der Waals surface area contributed by atoms with Gasteiger partial charge < -0.3 is 24.9 Å². The minimum Gasteiger partial charge on any atom is -0.374 e. The number of nitrogens with zero attached hydrogens (tertiary/aromatic N) is 14. The summed E-state index contributed by atoms with van der Waals surface area (Å²) < 4.78 is 0. The number of fused-ring (bicyclic) bond motifs is 4. The fraction of sp³-hybridized carbons (Fsp3) is 0.286. The maximum absolute atomic E-state index is 10.2. The Labute approximate surface area is 253 Å². The van der Waals surface area contributed by atoms with Crippen LogP contribution in [0.2, 0.25) is 0 Å². The Kier molecular flexibility index (Phi) is 7.11. The van der Waals surface area contributed by atoms with Crippen LogP contribution in [0.15, 0.2) is 85.8 Å². The smallest absolute Gasteiger partial charge is 0.181 e. The predicted molar refractivity (Wildman–Crippen MR) is 166 cm³/mol. The van der Waals surface area contributed by atoms with E-state index in [2.05, 4.69) is 64.3 Å². The van der Waals surface area contributed by atoms with E-state index in [9.17, 15) is 15.8 Å². The van der Waals surface area contributed by atoms with E-state index in [0.29, 0.717) is 22.8 Å². The highest BCUT2D eigenvalue weighted by molar-refractivity contribution is 6.33. The van der Waals surface area contributed by atoms with Gasteiger partial charge in [-0.15, -0.1) is 0 Å². The highest BCUT2D eigenvalue weighted by Gasteiger charge is 2.36. The van der Waals surface area contributed by atoms with Crippen molar-refractivity contribution >= 4 is 46.7 Å². The average molecular weight is 587 g/mol. The molecule has 0 amide bonds. The van der Waals surface area contributed by atoms with E-state index in [-0.39, 0.29) is 69.0 Å². The fourth-order valence-corrected chi connectivity index (χ4v) is 4.93. The third-order valence-corrected chi connectivity index (χ3v) is 6.70. The molecule has 0 aromatic heterocycles. The van der Waals surface area contributed by atoms with E-state index < -0.39 is 0 Å².